The molecule has 53 heavy (non-hydrogen) atoms. The number of benzene rings is 8. The quantitative estimate of drug-likeness (QED) is 0.182. The van der Waals surface area contributed by atoms with Gasteiger partial charge in [-0.3, -0.25) is 0 Å². The van der Waals surface area contributed by atoms with Crippen LogP contribution < -0.4 is 14.5 Å². The van der Waals surface area contributed by atoms with Gasteiger partial charge in [0.2, 0.25) is 0 Å². The highest BCUT2D eigenvalue weighted by atomic mass is 32.1. The Morgan fingerprint density at radius 2 is 1.21 bits per heavy atom. The Bertz CT molecular complexity index is 2930. The maximum Gasteiger partial charge on any atom is 0.153 e. The Labute approximate surface area is 312 Å². The van der Waals surface area contributed by atoms with Crippen molar-refractivity contribution in [2.75, 3.05) is 9.80 Å². The van der Waals surface area contributed by atoms with Crippen molar-refractivity contribution in [2.24, 2.45) is 0 Å². The third-order valence-electron chi connectivity index (χ3n) is 11.2. The van der Waals surface area contributed by atoms with Gasteiger partial charge >= 0.3 is 0 Å². The Kier molecular flexibility index (Phi) is 6.47. The van der Waals surface area contributed by atoms with Gasteiger partial charge in [-0.1, -0.05) is 117 Å². The van der Waals surface area contributed by atoms with E-state index in [1.54, 1.807) is 0 Å². The predicted octanol–water partition coefficient (Wildman–Crippen LogP) is 14.6. The van der Waals surface area contributed by atoms with E-state index < -0.39 is 0 Å². The first-order chi connectivity index (χ1) is 26.0. The normalized spacial score (nSPS) is 13.7. The topological polar surface area (TPSA) is 15.7 Å². The molecular formula is C49H34N2OS. The largest absolute Gasteiger partial charge is 0.453 e. The van der Waals surface area contributed by atoms with Crippen molar-refractivity contribution in [3.05, 3.63) is 181 Å². The molecule has 0 unspecified atom stereocenters. The van der Waals surface area contributed by atoms with E-state index in [2.05, 4.69) is 187 Å². The summed E-state index contributed by atoms with van der Waals surface area (Å²) in [5.74, 6) is 1.65. The lowest BCUT2D eigenvalue weighted by molar-refractivity contribution is 0.477. The molecular weight excluding hydrogens is 665 g/mol. The maximum atomic E-state index is 6.80. The van der Waals surface area contributed by atoms with Gasteiger partial charge in [-0.2, -0.15) is 0 Å². The minimum atomic E-state index is -0.120. The minimum absolute atomic E-state index is 0.120. The van der Waals surface area contributed by atoms with Gasteiger partial charge in [-0.15, -0.1) is 11.3 Å². The van der Waals surface area contributed by atoms with Crippen molar-refractivity contribution in [3.8, 4) is 22.6 Å². The zero-order valence-electron chi connectivity index (χ0n) is 29.4. The summed E-state index contributed by atoms with van der Waals surface area (Å²) >= 11 is 1.84. The van der Waals surface area contributed by atoms with Gasteiger partial charge in [0.25, 0.3) is 0 Å². The summed E-state index contributed by atoms with van der Waals surface area (Å²) in [6.45, 7) is 4.69. The summed E-state index contributed by atoms with van der Waals surface area (Å²) in [7, 11) is 0. The van der Waals surface area contributed by atoms with E-state index in [-0.39, 0.29) is 5.41 Å². The van der Waals surface area contributed by atoms with Crippen LogP contribution in [0, 0.1) is 0 Å². The molecule has 0 N–H and O–H groups in total. The fourth-order valence-electron chi connectivity index (χ4n) is 8.68. The van der Waals surface area contributed by atoms with Crippen molar-refractivity contribution >= 4 is 76.4 Å². The molecule has 1 aliphatic heterocycles. The fourth-order valence-corrected chi connectivity index (χ4v) is 9.82. The SMILES string of the molecule is CC1(C)c2ccccc2-c2ccc(N(c3ccc4c(c3)Oc3ccccc3N4c3ccc4c(c3)sc3ccccc34)c3cccc4ccccc34)cc21. The molecule has 0 saturated carbocycles. The van der Waals surface area contributed by atoms with Crippen molar-refractivity contribution in [1.29, 1.82) is 0 Å². The van der Waals surface area contributed by atoms with Gasteiger partial charge in [-0.05, 0) is 88.3 Å². The summed E-state index contributed by atoms with van der Waals surface area (Å²) < 4.78 is 9.38. The Morgan fingerprint density at radius 1 is 0.509 bits per heavy atom. The van der Waals surface area contributed by atoms with Crippen LogP contribution in [0.4, 0.5) is 34.1 Å². The van der Waals surface area contributed by atoms with Gasteiger partial charge in [0.1, 0.15) is 0 Å². The lowest BCUT2D eigenvalue weighted by atomic mass is 9.82. The van der Waals surface area contributed by atoms with Crippen LogP contribution >= 0.6 is 11.3 Å². The zero-order valence-corrected chi connectivity index (χ0v) is 30.2. The summed E-state index contributed by atoms with van der Waals surface area (Å²) in [6, 6.07) is 61.6. The lowest BCUT2D eigenvalue weighted by Gasteiger charge is -2.34. The molecule has 252 valence electrons. The third kappa shape index (κ3) is 4.52. The van der Waals surface area contributed by atoms with E-state index >= 15 is 0 Å². The van der Waals surface area contributed by atoms with E-state index in [9.17, 15) is 0 Å². The van der Waals surface area contributed by atoms with Crippen LogP contribution in [0.3, 0.4) is 0 Å². The summed E-state index contributed by atoms with van der Waals surface area (Å²) in [5, 5.41) is 4.99. The first kappa shape index (κ1) is 30.3. The molecule has 0 spiro atoms. The monoisotopic (exact) mass is 698 g/mol. The number of hydrogen-bond donors (Lipinski definition) is 0. The third-order valence-corrected chi connectivity index (χ3v) is 12.4. The molecule has 4 heteroatoms. The summed E-state index contributed by atoms with van der Waals surface area (Å²) in [4.78, 5) is 4.75. The second-order valence-electron chi connectivity index (χ2n) is 14.6. The highest BCUT2D eigenvalue weighted by Gasteiger charge is 2.36. The van der Waals surface area contributed by atoms with Crippen molar-refractivity contribution in [2.45, 2.75) is 19.3 Å². The highest BCUT2D eigenvalue weighted by Crippen LogP contribution is 2.55. The Balaban J connectivity index is 1.10. The number of fused-ring (bicyclic) bond motifs is 9. The molecule has 3 nitrogen and oxygen atoms in total. The molecule has 0 bridgehead atoms. The van der Waals surface area contributed by atoms with Gasteiger partial charge in [0.05, 0.1) is 22.7 Å². The first-order valence-corrected chi connectivity index (χ1v) is 19.0. The number of ether oxygens (including phenoxy) is 1. The molecule has 2 heterocycles. The van der Waals surface area contributed by atoms with Crippen molar-refractivity contribution in [1.82, 2.24) is 0 Å². The molecule has 0 radical (unpaired) electrons. The summed E-state index contributed by atoms with van der Waals surface area (Å²) in [6.07, 6.45) is 0. The average Bonchev–Trinajstić information content (AvgIpc) is 3.68. The number of rotatable bonds is 4. The van der Waals surface area contributed by atoms with Crippen LogP contribution in [0.5, 0.6) is 11.5 Å². The molecule has 0 fully saturated rings. The number of nitrogens with zero attached hydrogens (tertiary/aromatic N) is 2. The van der Waals surface area contributed by atoms with E-state index in [0.29, 0.717) is 0 Å². The predicted molar refractivity (Wildman–Crippen MR) is 224 cm³/mol. The van der Waals surface area contributed by atoms with Crippen molar-refractivity contribution in [3.63, 3.8) is 0 Å². The highest BCUT2D eigenvalue weighted by molar-refractivity contribution is 7.25. The van der Waals surface area contributed by atoms with E-state index in [4.69, 9.17) is 4.74 Å². The van der Waals surface area contributed by atoms with Crippen LogP contribution in [0.25, 0.3) is 42.1 Å². The standard InChI is InChI=1S/C49H34N2OS/c1-49(2)40-17-7-5-15-36(40)37-25-22-32(28-41(37)49)50(42-19-11-13-31-12-3-4-14-35(31)42)33-24-27-44-46(29-33)52-45-20-9-8-18-43(45)51(44)34-23-26-39-38-16-6-10-21-47(38)53-48(39)30-34/h3-30H,1-2H3. The maximum absolute atomic E-state index is 6.80. The molecule has 8 aromatic carbocycles. The number of anilines is 6. The van der Waals surface area contributed by atoms with Crippen LogP contribution in [0.2, 0.25) is 0 Å². The second-order valence-corrected chi connectivity index (χ2v) is 15.7. The minimum Gasteiger partial charge on any atom is -0.453 e. The van der Waals surface area contributed by atoms with Crippen LogP contribution in [-0.4, -0.2) is 0 Å². The van der Waals surface area contributed by atoms with Gasteiger partial charge in [-0.25, -0.2) is 0 Å². The van der Waals surface area contributed by atoms with Crippen LogP contribution in [-0.2, 0) is 5.41 Å². The Hall–Kier alpha value is -6.36. The van der Waals surface area contributed by atoms with Gasteiger partial charge in [0, 0.05) is 48.4 Å². The molecule has 1 aromatic heterocycles. The van der Waals surface area contributed by atoms with Gasteiger partial charge < -0.3 is 14.5 Å². The van der Waals surface area contributed by atoms with Crippen LogP contribution in [0.15, 0.2) is 170 Å². The second kappa shape index (κ2) is 11.3. The molecule has 0 atom stereocenters. The van der Waals surface area contributed by atoms with Gasteiger partial charge in [0.15, 0.2) is 11.5 Å². The van der Waals surface area contributed by atoms with E-state index in [0.717, 1.165) is 45.6 Å². The molecule has 0 saturated heterocycles. The zero-order chi connectivity index (χ0) is 35.3. The number of thiophene rings is 1. The Morgan fingerprint density at radius 3 is 2.15 bits per heavy atom. The number of hydrogen-bond acceptors (Lipinski definition) is 4. The summed E-state index contributed by atoms with van der Waals surface area (Å²) in [5.41, 5.74) is 11.7. The molecule has 1 aliphatic carbocycles. The molecule has 2 aliphatic rings. The first-order valence-electron chi connectivity index (χ1n) is 18.2. The van der Waals surface area contributed by atoms with Crippen LogP contribution in [0.1, 0.15) is 25.0 Å². The lowest BCUT2D eigenvalue weighted by Crippen LogP contribution is -2.18. The van der Waals surface area contributed by atoms with E-state index in [1.165, 1.54) is 53.2 Å². The van der Waals surface area contributed by atoms with Crippen molar-refractivity contribution < 1.29 is 4.74 Å². The smallest absolute Gasteiger partial charge is 0.153 e. The molecule has 11 rings (SSSR count). The fraction of sp³-hybridized carbons (Fsp3) is 0.0612. The van der Waals surface area contributed by atoms with E-state index in [1.807, 2.05) is 17.4 Å². The molecule has 9 aromatic rings. The molecule has 0 amide bonds. The number of para-hydroxylation sites is 2. The average molecular weight is 699 g/mol.